The van der Waals surface area contributed by atoms with Crippen molar-refractivity contribution < 1.29 is 9.53 Å². The van der Waals surface area contributed by atoms with E-state index in [-0.39, 0.29) is 5.91 Å². The van der Waals surface area contributed by atoms with Gasteiger partial charge in [-0.15, -0.1) is 0 Å². The highest BCUT2D eigenvalue weighted by Crippen LogP contribution is 2.26. The molecule has 21 heavy (non-hydrogen) atoms. The topological polar surface area (TPSA) is 70.8 Å². The number of nitrogen functional groups attached to an aromatic ring is 1. The van der Waals surface area contributed by atoms with Gasteiger partial charge in [0, 0.05) is 37.8 Å². The van der Waals surface area contributed by atoms with Crippen LogP contribution in [-0.4, -0.2) is 63.6 Å². The number of amides is 1. The van der Waals surface area contributed by atoms with E-state index in [1.165, 1.54) is 0 Å². The molecule has 1 aromatic rings. The van der Waals surface area contributed by atoms with Gasteiger partial charge in [-0.05, 0) is 33.3 Å². The first-order valence-corrected chi connectivity index (χ1v) is 6.99. The number of anilines is 2. The average Bonchev–Trinajstić information content (AvgIpc) is 2.44. The van der Waals surface area contributed by atoms with Crippen molar-refractivity contribution in [1.29, 1.82) is 0 Å². The molecule has 0 saturated heterocycles. The van der Waals surface area contributed by atoms with Gasteiger partial charge < -0.3 is 25.6 Å². The van der Waals surface area contributed by atoms with Crippen molar-refractivity contribution in [3.63, 3.8) is 0 Å². The minimum atomic E-state index is -0.0326. The molecule has 0 spiro atoms. The second-order valence-corrected chi connectivity index (χ2v) is 5.36. The zero-order chi connectivity index (χ0) is 15.8. The predicted molar refractivity (Wildman–Crippen MR) is 86.7 cm³/mol. The highest BCUT2D eigenvalue weighted by Gasteiger charge is 2.09. The average molecular weight is 294 g/mol. The molecule has 0 aliphatic carbocycles. The summed E-state index contributed by atoms with van der Waals surface area (Å²) in [4.78, 5) is 16.2. The van der Waals surface area contributed by atoms with Gasteiger partial charge in [-0.1, -0.05) is 0 Å². The molecule has 0 aliphatic heterocycles. The molecule has 6 heteroatoms. The number of benzene rings is 1. The molecular weight excluding hydrogens is 268 g/mol. The van der Waals surface area contributed by atoms with Crippen molar-refractivity contribution in [3.8, 4) is 5.75 Å². The van der Waals surface area contributed by atoms with Gasteiger partial charge in [0.1, 0.15) is 5.75 Å². The van der Waals surface area contributed by atoms with Gasteiger partial charge in [-0.2, -0.15) is 0 Å². The molecule has 118 valence electrons. The molecule has 0 saturated carbocycles. The molecule has 1 amide bonds. The third-order valence-corrected chi connectivity index (χ3v) is 3.15. The van der Waals surface area contributed by atoms with Crippen molar-refractivity contribution in [2.75, 3.05) is 58.9 Å². The summed E-state index contributed by atoms with van der Waals surface area (Å²) in [6.07, 6.45) is 0.442. The third kappa shape index (κ3) is 6.46. The summed E-state index contributed by atoms with van der Waals surface area (Å²) in [6.45, 7) is 2.63. The third-order valence-electron chi connectivity index (χ3n) is 3.15. The lowest BCUT2D eigenvalue weighted by Crippen LogP contribution is -2.31. The number of likely N-dealkylation sites (N-methyl/N-ethyl adjacent to an activating group) is 2. The SMILES string of the molecule is COc1cc(N)ccc1NC(=O)CCN(C)CCN(C)C. The van der Waals surface area contributed by atoms with Crippen molar-refractivity contribution >= 4 is 17.3 Å². The van der Waals surface area contributed by atoms with Crippen LogP contribution in [0.1, 0.15) is 6.42 Å². The van der Waals surface area contributed by atoms with E-state index in [1.54, 1.807) is 25.3 Å². The Bertz CT molecular complexity index is 463. The maximum Gasteiger partial charge on any atom is 0.225 e. The Balaban J connectivity index is 2.43. The van der Waals surface area contributed by atoms with Crippen LogP contribution < -0.4 is 15.8 Å². The van der Waals surface area contributed by atoms with Crippen LogP contribution in [0.15, 0.2) is 18.2 Å². The fourth-order valence-electron chi connectivity index (χ4n) is 1.80. The Kier molecular flexibility index (Phi) is 6.98. The number of nitrogens with zero attached hydrogens (tertiary/aromatic N) is 2. The number of carbonyl (C=O) groups excluding carboxylic acids is 1. The van der Waals surface area contributed by atoms with Gasteiger partial charge in [0.2, 0.25) is 5.91 Å². The van der Waals surface area contributed by atoms with E-state index in [9.17, 15) is 4.79 Å². The molecular formula is C15H26N4O2. The molecule has 0 unspecified atom stereocenters. The molecule has 6 nitrogen and oxygen atoms in total. The molecule has 0 fully saturated rings. The van der Waals surface area contributed by atoms with Gasteiger partial charge in [0.25, 0.3) is 0 Å². The van der Waals surface area contributed by atoms with Crippen molar-refractivity contribution in [2.45, 2.75) is 6.42 Å². The first kappa shape index (κ1) is 17.3. The fourth-order valence-corrected chi connectivity index (χ4v) is 1.80. The minimum absolute atomic E-state index is 0.0326. The molecule has 0 atom stereocenters. The maximum atomic E-state index is 12.0. The summed E-state index contributed by atoms with van der Waals surface area (Å²) in [5.41, 5.74) is 6.94. The summed E-state index contributed by atoms with van der Waals surface area (Å²) >= 11 is 0. The lowest BCUT2D eigenvalue weighted by molar-refractivity contribution is -0.116. The summed E-state index contributed by atoms with van der Waals surface area (Å²) in [7, 11) is 7.64. The molecule has 1 aromatic carbocycles. The van der Waals surface area contributed by atoms with Crippen LogP contribution >= 0.6 is 0 Å². The van der Waals surface area contributed by atoms with E-state index >= 15 is 0 Å². The van der Waals surface area contributed by atoms with Gasteiger partial charge in [0.05, 0.1) is 12.8 Å². The van der Waals surface area contributed by atoms with Crippen LogP contribution in [0.5, 0.6) is 5.75 Å². The zero-order valence-electron chi connectivity index (χ0n) is 13.3. The number of ether oxygens (including phenoxy) is 1. The van der Waals surface area contributed by atoms with Crippen LogP contribution in [-0.2, 0) is 4.79 Å². The van der Waals surface area contributed by atoms with Crippen molar-refractivity contribution in [2.24, 2.45) is 0 Å². The van der Waals surface area contributed by atoms with E-state index in [2.05, 4.69) is 15.1 Å². The summed E-state index contributed by atoms with van der Waals surface area (Å²) < 4.78 is 5.21. The van der Waals surface area contributed by atoms with Crippen LogP contribution in [0.4, 0.5) is 11.4 Å². The Morgan fingerprint density at radius 1 is 1.24 bits per heavy atom. The molecule has 0 aromatic heterocycles. The molecule has 0 aliphatic rings. The van der Waals surface area contributed by atoms with Crippen LogP contribution in [0.3, 0.4) is 0 Å². The number of nitrogens with two attached hydrogens (primary N) is 1. The maximum absolute atomic E-state index is 12.0. The smallest absolute Gasteiger partial charge is 0.225 e. The van der Waals surface area contributed by atoms with E-state index in [0.29, 0.717) is 23.5 Å². The Labute approximate surface area is 126 Å². The zero-order valence-corrected chi connectivity index (χ0v) is 13.3. The highest BCUT2D eigenvalue weighted by atomic mass is 16.5. The standard InChI is InChI=1S/C15H26N4O2/c1-18(2)9-10-19(3)8-7-15(20)17-13-6-5-12(16)11-14(13)21-4/h5-6,11H,7-10,16H2,1-4H3,(H,17,20). The minimum Gasteiger partial charge on any atom is -0.494 e. The van der Waals surface area contributed by atoms with Crippen LogP contribution in [0.2, 0.25) is 0 Å². The molecule has 1 rings (SSSR count). The van der Waals surface area contributed by atoms with E-state index < -0.39 is 0 Å². The highest BCUT2D eigenvalue weighted by molar-refractivity contribution is 5.92. The fraction of sp³-hybridized carbons (Fsp3) is 0.533. The van der Waals surface area contributed by atoms with E-state index in [0.717, 1.165) is 19.6 Å². The summed E-state index contributed by atoms with van der Waals surface area (Å²) in [5.74, 6) is 0.541. The Morgan fingerprint density at radius 3 is 2.57 bits per heavy atom. The first-order chi connectivity index (χ1) is 9.92. The van der Waals surface area contributed by atoms with Gasteiger partial charge in [0.15, 0.2) is 0 Å². The van der Waals surface area contributed by atoms with Crippen LogP contribution in [0, 0.1) is 0 Å². The monoisotopic (exact) mass is 294 g/mol. The Hall–Kier alpha value is -1.79. The van der Waals surface area contributed by atoms with E-state index in [4.69, 9.17) is 10.5 Å². The normalized spacial score (nSPS) is 11.0. The Morgan fingerprint density at radius 2 is 1.95 bits per heavy atom. The summed E-state index contributed by atoms with van der Waals surface area (Å²) in [6, 6.07) is 5.18. The summed E-state index contributed by atoms with van der Waals surface area (Å²) in [5, 5.41) is 2.85. The van der Waals surface area contributed by atoms with Crippen molar-refractivity contribution in [3.05, 3.63) is 18.2 Å². The lowest BCUT2D eigenvalue weighted by atomic mass is 10.2. The number of nitrogens with one attached hydrogen (secondary N) is 1. The number of methoxy groups -OCH3 is 1. The largest absolute Gasteiger partial charge is 0.494 e. The van der Waals surface area contributed by atoms with Gasteiger partial charge >= 0.3 is 0 Å². The van der Waals surface area contributed by atoms with Gasteiger partial charge in [-0.3, -0.25) is 4.79 Å². The first-order valence-electron chi connectivity index (χ1n) is 6.99. The molecule has 3 N–H and O–H groups in total. The van der Waals surface area contributed by atoms with E-state index in [1.807, 2.05) is 21.1 Å². The van der Waals surface area contributed by atoms with Crippen LogP contribution in [0.25, 0.3) is 0 Å². The second-order valence-electron chi connectivity index (χ2n) is 5.36. The lowest BCUT2D eigenvalue weighted by Gasteiger charge is -2.19. The molecule has 0 heterocycles. The number of hydrogen-bond donors (Lipinski definition) is 2. The number of hydrogen-bond acceptors (Lipinski definition) is 5. The second kappa shape index (κ2) is 8.49. The predicted octanol–water partition coefficient (Wildman–Crippen LogP) is 1.10. The number of carbonyl (C=O) groups is 1. The quantitative estimate of drug-likeness (QED) is 0.703. The number of rotatable bonds is 8. The van der Waals surface area contributed by atoms with Crippen molar-refractivity contribution in [1.82, 2.24) is 9.80 Å². The van der Waals surface area contributed by atoms with Gasteiger partial charge in [-0.25, -0.2) is 0 Å². The molecule has 0 radical (unpaired) electrons. The molecule has 0 bridgehead atoms.